The van der Waals surface area contributed by atoms with Crippen LogP contribution in [0.5, 0.6) is 0 Å². The van der Waals surface area contributed by atoms with Gasteiger partial charge in [0.15, 0.2) is 0 Å². The summed E-state index contributed by atoms with van der Waals surface area (Å²) in [6.45, 7) is 2.75. The van der Waals surface area contributed by atoms with Crippen molar-refractivity contribution in [1.82, 2.24) is 4.98 Å². The van der Waals surface area contributed by atoms with Gasteiger partial charge in [0, 0.05) is 16.9 Å². The highest BCUT2D eigenvalue weighted by molar-refractivity contribution is 6.05. The number of aryl methyl sites for hydroxylation is 1. The Labute approximate surface area is 162 Å². The second-order valence-corrected chi connectivity index (χ2v) is 6.46. The van der Waals surface area contributed by atoms with Crippen LogP contribution in [-0.4, -0.2) is 30.1 Å². The van der Waals surface area contributed by atoms with Gasteiger partial charge in [-0.05, 0) is 43.3 Å². The van der Waals surface area contributed by atoms with Crippen LogP contribution in [0, 0.1) is 6.92 Å². The molecule has 0 radical (unpaired) electrons. The molecule has 0 atom stereocenters. The van der Waals surface area contributed by atoms with Crippen LogP contribution in [0.3, 0.4) is 0 Å². The molecule has 1 N–H and O–H groups in total. The van der Waals surface area contributed by atoms with Gasteiger partial charge in [0.1, 0.15) is 6.61 Å². The molecule has 1 aliphatic heterocycles. The molecular formula is C22H19N3O3. The molecule has 6 nitrogen and oxygen atoms in total. The lowest BCUT2D eigenvalue weighted by atomic mass is 10.1. The van der Waals surface area contributed by atoms with Gasteiger partial charge in [0.05, 0.1) is 23.5 Å². The molecule has 2 heterocycles. The molecule has 4 rings (SSSR count). The molecule has 0 saturated carbocycles. The number of ether oxygens (including phenoxy) is 1. The fourth-order valence-electron chi connectivity index (χ4n) is 3.12. The minimum atomic E-state index is -0.350. The van der Waals surface area contributed by atoms with Crippen molar-refractivity contribution in [2.24, 2.45) is 0 Å². The van der Waals surface area contributed by atoms with Gasteiger partial charge in [-0.1, -0.05) is 30.3 Å². The summed E-state index contributed by atoms with van der Waals surface area (Å²) in [5.74, 6) is -0.224. The number of nitrogens with one attached hydrogen (secondary N) is 1. The molecule has 1 fully saturated rings. The lowest BCUT2D eigenvalue weighted by Gasteiger charge is -2.13. The first-order valence-electron chi connectivity index (χ1n) is 9.00. The van der Waals surface area contributed by atoms with Gasteiger partial charge in [-0.2, -0.15) is 0 Å². The molecule has 3 aromatic rings. The van der Waals surface area contributed by atoms with Crippen molar-refractivity contribution < 1.29 is 14.3 Å². The molecule has 1 aliphatic rings. The summed E-state index contributed by atoms with van der Waals surface area (Å²) in [5.41, 5.74) is 4.41. The third-order valence-electron chi connectivity index (χ3n) is 4.60. The quantitative estimate of drug-likeness (QED) is 0.741. The minimum absolute atomic E-state index is 0.224. The van der Waals surface area contributed by atoms with Crippen LogP contribution in [0.25, 0.3) is 11.3 Å². The van der Waals surface area contributed by atoms with Crippen molar-refractivity contribution in [1.29, 1.82) is 0 Å². The Bertz CT molecular complexity index is 1020. The van der Waals surface area contributed by atoms with E-state index in [2.05, 4.69) is 10.3 Å². The number of hydrogen-bond donors (Lipinski definition) is 1. The normalized spacial score (nSPS) is 13.3. The van der Waals surface area contributed by atoms with Crippen LogP contribution in [0.1, 0.15) is 16.1 Å². The number of pyridine rings is 1. The van der Waals surface area contributed by atoms with Crippen molar-refractivity contribution in [3.8, 4) is 11.3 Å². The Kier molecular flexibility index (Phi) is 4.76. The number of carbonyl (C=O) groups is 2. The number of rotatable bonds is 4. The molecule has 1 aromatic heterocycles. The predicted molar refractivity (Wildman–Crippen MR) is 107 cm³/mol. The van der Waals surface area contributed by atoms with Gasteiger partial charge in [-0.25, -0.2) is 4.79 Å². The lowest BCUT2D eigenvalue weighted by Crippen LogP contribution is -2.23. The zero-order valence-electron chi connectivity index (χ0n) is 15.4. The van der Waals surface area contributed by atoms with Crippen LogP contribution < -0.4 is 10.2 Å². The van der Waals surface area contributed by atoms with E-state index in [0.717, 1.165) is 16.9 Å². The first-order valence-corrected chi connectivity index (χ1v) is 9.00. The number of carbonyl (C=O) groups excluding carboxylic acids is 2. The van der Waals surface area contributed by atoms with E-state index in [0.29, 0.717) is 30.1 Å². The molecule has 0 bridgehead atoms. The molecule has 0 aliphatic carbocycles. The first kappa shape index (κ1) is 17.7. The summed E-state index contributed by atoms with van der Waals surface area (Å²) >= 11 is 0. The Hall–Kier alpha value is -3.67. The zero-order valence-corrected chi connectivity index (χ0v) is 15.4. The summed E-state index contributed by atoms with van der Waals surface area (Å²) in [4.78, 5) is 30.4. The second-order valence-electron chi connectivity index (χ2n) is 6.46. The number of aromatic nitrogens is 1. The van der Waals surface area contributed by atoms with E-state index >= 15 is 0 Å². The van der Waals surface area contributed by atoms with Gasteiger partial charge in [-0.15, -0.1) is 0 Å². The Morgan fingerprint density at radius 2 is 1.79 bits per heavy atom. The summed E-state index contributed by atoms with van der Waals surface area (Å²) < 4.78 is 4.94. The third kappa shape index (κ3) is 3.57. The molecule has 1 saturated heterocycles. The monoisotopic (exact) mass is 373 g/mol. The van der Waals surface area contributed by atoms with Crippen LogP contribution in [0.2, 0.25) is 0 Å². The smallest absolute Gasteiger partial charge is 0.414 e. The Morgan fingerprint density at radius 1 is 1.04 bits per heavy atom. The van der Waals surface area contributed by atoms with Crippen LogP contribution in [-0.2, 0) is 4.74 Å². The molecule has 0 unspecified atom stereocenters. The van der Waals surface area contributed by atoms with Crippen molar-refractivity contribution in [2.75, 3.05) is 23.4 Å². The van der Waals surface area contributed by atoms with E-state index in [4.69, 9.17) is 4.74 Å². The topological polar surface area (TPSA) is 71.5 Å². The number of anilines is 2. The maximum absolute atomic E-state index is 12.6. The van der Waals surface area contributed by atoms with Crippen LogP contribution in [0.15, 0.2) is 66.7 Å². The first-order chi connectivity index (χ1) is 13.6. The molecule has 140 valence electrons. The van der Waals surface area contributed by atoms with Gasteiger partial charge < -0.3 is 10.1 Å². The lowest BCUT2D eigenvalue weighted by molar-refractivity contribution is 0.102. The maximum atomic E-state index is 12.6. The Morgan fingerprint density at radius 3 is 2.43 bits per heavy atom. The highest BCUT2D eigenvalue weighted by Crippen LogP contribution is 2.22. The average Bonchev–Trinajstić information content (AvgIpc) is 3.15. The molecule has 28 heavy (non-hydrogen) atoms. The van der Waals surface area contributed by atoms with Crippen molar-refractivity contribution in [3.63, 3.8) is 0 Å². The van der Waals surface area contributed by atoms with Gasteiger partial charge in [0.25, 0.3) is 5.91 Å². The van der Waals surface area contributed by atoms with Gasteiger partial charge in [0.2, 0.25) is 0 Å². The number of nitrogens with zero attached hydrogens (tertiary/aromatic N) is 2. The molecule has 2 aromatic carbocycles. The Balaban J connectivity index is 1.48. The summed E-state index contributed by atoms with van der Waals surface area (Å²) in [5, 5.41) is 2.87. The summed E-state index contributed by atoms with van der Waals surface area (Å²) in [6, 6.07) is 20.6. The summed E-state index contributed by atoms with van der Waals surface area (Å²) in [7, 11) is 0. The largest absolute Gasteiger partial charge is 0.447 e. The molecule has 0 spiro atoms. The van der Waals surface area contributed by atoms with E-state index in [-0.39, 0.29) is 12.0 Å². The second kappa shape index (κ2) is 7.52. The summed E-state index contributed by atoms with van der Waals surface area (Å²) in [6.07, 6.45) is -0.350. The van der Waals surface area contributed by atoms with E-state index in [1.165, 1.54) is 0 Å². The number of hydrogen-bond acceptors (Lipinski definition) is 4. The minimum Gasteiger partial charge on any atom is -0.447 e. The van der Waals surface area contributed by atoms with Gasteiger partial charge in [-0.3, -0.25) is 14.7 Å². The number of cyclic esters (lactones) is 1. The predicted octanol–water partition coefficient (Wildman–Crippen LogP) is 4.27. The van der Waals surface area contributed by atoms with Crippen molar-refractivity contribution in [2.45, 2.75) is 6.92 Å². The van der Waals surface area contributed by atoms with Crippen molar-refractivity contribution in [3.05, 3.63) is 78.0 Å². The molecular weight excluding hydrogens is 354 g/mol. The standard InChI is InChI=1S/C22H19N3O3/c1-15-19(11-12-20(23-15)16-5-3-2-4-6-16)21(26)24-17-7-9-18(10-8-17)25-13-14-28-22(25)27/h2-12H,13-14H2,1H3,(H,24,26). The van der Waals surface area contributed by atoms with Crippen molar-refractivity contribution >= 4 is 23.4 Å². The SMILES string of the molecule is Cc1nc(-c2ccccc2)ccc1C(=O)Nc1ccc(N2CCOC2=O)cc1. The highest BCUT2D eigenvalue weighted by Gasteiger charge is 2.23. The fraction of sp³-hybridized carbons (Fsp3) is 0.136. The zero-order chi connectivity index (χ0) is 19.5. The number of amides is 2. The van der Waals surface area contributed by atoms with E-state index in [1.54, 1.807) is 35.2 Å². The average molecular weight is 373 g/mol. The highest BCUT2D eigenvalue weighted by atomic mass is 16.6. The van der Waals surface area contributed by atoms with E-state index in [9.17, 15) is 9.59 Å². The molecule has 2 amide bonds. The van der Waals surface area contributed by atoms with Crippen LogP contribution in [0.4, 0.5) is 16.2 Å². The maximum Gasteiger partial charge on any atom is 0.414 e. The van der Waals surface area contributed by atoms with E-state index in [1.807, 2.05) is 43.3 Å². The van der Waals surface area contributed by atoms with E-state index < -0.39 is 0 Å². The fourth-order valence-corrected chi connectivity index (χ4v) is 3.12. The number of benzene rings is 2. The third-order valence-corrected chi connectivity index (χ3v) is 4.60. The van der Waals surface area contributed by atoms with Gasteiger partial charge >= 0.3 is 6.09 Å². The molecule has 6 heteroatoms. The van der Waals surface area contributed by atoms with Crippen LogP contribution >= 0.6 is 0 Å².